The lowest BCUT2D eigenvalue weighted by Crippen LogP contribution is -2.28. The maximum Gasteiger partial charge on any atom is 0.135 e. The second-order valence-electron chi connectivity index (χ2n) is 32.7. The number of fused-ring (bicyclic) bond motifs is 12. The van der Waals surface area contributed by atoms with E-state index in [0.717, 1.165) is 123 Å². The third-order valence-electron chi connectivity index (χ3n) is 25.9. The average molecular weight is 1610 g/mol. The number of furan rings is 2. The molecule has 0 amide bonds. The normalized spacial score (nSPS) is 12.6. The third kappa shape index (κ3) is 12.5. The minimum absolute atomic E-state index is 0.536. The second kappa shape index (κ2) is 31.6. The van der Waals surface area contributed by atoms with E-state index in [-0.39, 0.29) is 0 Å². The molecule has 126 heavy (non-hydrogen) atoms. The van der Waals surface area contributed by atoms with Crippen LogP contribution in [0.3, 0.4) is 0 Å². The van der Waals surface area contributed by atoms with Gasteiger partial charge in [0.15, 0.2) is 0 Å². The molecular weight excluding hydrogens is 1530 g/mol. The highest BCUT2D eigenvalue weighted by atomic mass is 16.3. The van der Waals surface area contributed by atoms with Crippen LogP contribution in [-0.4, -0.2) is 0 Å². The van der Waals surface area contributed by atoms with Crippen LogP contribution in [0.25, 0.3) is 133 Å². The zero-order chi connectivity index (χ0) is 83.5. The maximum absolute atomic E-state index is 6.33. The van der Waals surface area contributed by atoms with Crippen LogP contribution in [0.15, 0.2) is 506 Å². The number of benzene rings is 20. The Bertz CT molecular complexity index is 7730. The lowest BCUT2D eigenvalue weighted by molar-refractivity contribution is 0.668. The number of nitrogens with zero attached hydrogens (tertiary/aromatic N) is 2. The predicted octanol–water partition coefficient (Wildman–Crippen LogP) is 32.8. The SMILES string of the molecule is c1ccc(-c2ccc(-c3cccc(N(c4ccccc4-c4ccc5oc6ccccc6c5c4)c4cccc5c4-c4ccccc4C5(c4ccccc4)c4ccccc4)c3)cc2)cc1.c1ccc(-c2ccc(-c3ccccc3N(c3ccccc3-c3ccc4oc5ccccc5c4c3)c3cccc4c3-c3ccccc3C4(c3ccccc3)c3ccccc3)cc2)cc1. The van der Waals surface area contributed by atoms with Crippen LogP contribution in [0, 0.1) is 0 Å². The smallest absolute Gasteiger partial charge is 0.135 e. The highest BCUT2D eigenvalue weighted by molar-refractivity contribution is 6.10. The van der Waals surface area contributed by atoms with Gasteiger partial charge in [0.2, 0.25) is 0 Å². The van der Waals surface area contributed by atoms with Crippen LogP contribution in [-0.2, 0) is 10.8 Å². The first-order valence-corrected chi connectivity index (χ1v) is 43.3. The molecule has 592 valence electrons. The largest absolute Gasteiger partial charge is 0.456 e. The Morgan fingerprint density at radius 3 is 0.865 bits per heavy atom. The van der Waals surface area contributed by atoms with Crippen LogP contribution in [0.1, 0.15) is 44.5 Å². The molecular formula is C122H82N2O2. The zero-order valence-corrected chi connectivity index (χ0v) is 69.1. The van der Waals surface area contributed by atoms with Crippen molar-refractivity contribution in [1.29, 1.82) is 0 Å². The molecule has 0 spiro atoms. The van der Waals surface area contributed by atoms with Crippen molar-refractivity contribution in [2.75, 3.05) is 9.80 Å². The van der Waals surface area contributed by atoms with Crippen molar-refractivity contribution in [3.8, 4) is 89.0 Å². The summed E-state index contributed by atoms with van der Waals surface area (Å²) in [5.41, 5.74) is 37.9. The van der Waals surface area contributed by atoms with Gasteiger partial charge in [-0.2, -0.15) is 0 Å². The molecule has 0 radical (unpaired) electrons. The van der Waals surface area contributed by atoms with Gasteiger partial charge in [-0.1, -0.05) is 419 Å². The van der Waals surface area contributed by atoms with Gasteiger partial charge in [0.25, 0.3) is 0 Å². The van der Waals surface area contributed by atoms with Crippen LogP contribution >= 0.6 is 0 Å². The molecule has 0 atom stereocenters. The van der Waals surface area contributed by atoms with E-state index in [4.69, 9.17) is 8.83 Å². The molecule has 24 rings (SSSR count). The van der Waals surface area contributed by atoms with Crippen molar-refractivity contribution in [1.82, 2.24) is 0 Å². The van der Waals surface area contributed by atoms with Gasteiger partial charge in [0.05, 0.1) is 39.3 Å². The predicted molar refractivity (Wildman–Crippen MR) is 524 cm³/mol. The molecule has 4 nitrogen and oxygen atoms in total. The van der Waals surface area contributed by atoms with Gasteiger partial charge in [0, 0.05) is 55.0 Å². The lowest BCUT2D eigenvalue weighted by atomic mass is 9.68. The van der Waals surface area contributed by atoms with E-state index in [1.54, 1.807) is 0 Å². The molecule has 0 bridgehead atoms. The molecule has 20 aromatic carbocycles. The molecule has 22 aromatic rings. The number of anilines is 6. The van der Waals surface area contributed by atoms with Crippen molar-refractivity contribution in [2.45, 2.75) is 10.8 Å². The Morgan fingerprint density at radius 2 is 0.437 bits per heavy atom. The number of para-hydroxylation sites is 5. The summed E-state index contributed by atoms with van der Waals surface area (Å²) >= 11 is 0. The molecule has 2 aromatic heterocycles. The number of rotatable bonds is 16. The van der Waals surface area contributed by atoms with Gasteiger partial charge >= 0.3 is 0 Å². The van der Waals surface area contributed by atoms with Crippen molar-refractivity contribution in [3.05, 3.63) is 542 Å². The monoisotopic (exact) mass is 1610 g/mol. The summed E-state index contributed by atoms with van der Waals surface area (Å²) in [5, 5.41) is 4.44. The van der Waals surface area contributed by atoms with Crippen LogP contribution in [0.4, 0.5) is 34.1 Å². The summed E-state index contributed by atoms with van der Waals surface area (Å²) in [4.78, 5) is 5.02. The van der Waals surface area contributed by atoms with Crippen molar-refractivity contribution < 1.29 is 8.83 Å². The Morgan fingerprint density at radius 1 is 0.159 bits per heavy atom. The van der Waals surface area contributed by atoms with E-state index in [1.807, 2.05) is 24.3 Å². The first-order valence-electron chi connectivity index (χ1n) is 43.3. The average Bonchev–Trinajstić information content (AvgIpc) is 1.53. The van der Waals surface area contributed by atoms with Gasteiger partial charge in [-0.05, 0) is 185 Å². The van der Waals surface area contributed by atoms with Crippen molar-refractivity contribution >= 4 is 78.0 Å². The Hall–Kier alpha value is -16.4. The Balaban J connectivity index is 0.000000145. The van der Waals surface area contributed by atoms with Crippen molar-refractivity contribution in [3.63, 3.8) is 0 Å². The van der Waals surface area contributed by atoms with Gasteiger partial charge in [0.1, 0.15) is 22.3 Å². The topological polar surface area (TPSA) is 32.8 Å². The van der Waals surface area contributed by atoms with E-state index in [9.17, 15) is 0 Å². The standard InChI is InChI=1S/2C61H41NO/c1-4-19-42(20-5-1)43-35-37-44(38-36-43)48-25-11-15-31-55(48)62(56-32-16-12-26-49(56)45-39-40-59-52(41-45)50-27-13-17-34-58(50)63-59)57-33-18-30-54-60(57)51-28-10-14-29-53(51)61(54,46-21-6-2-7-22-46)47-23-8-3-9-24-47;1-4-18-42(19-5-1)43-34-36-44(37-35-43)45-20-16-25-49(40-45)62(56-31-14-11-26-50(56)46-38-39-59-53(41-46)51-27-12-15-33-58(51)63-59)57-32-17-30-55-60(57)52-28-10-13-29-54(52)61(55,47-21-6-2-7-22-47)48-23-8-3-9-24-48/h2*1-41H. The zero-order valence-electron chi connectivity index (χ0n) is 69.1. The summed E-state index contributed by atoms with van der Waals surface area (Å²) in [6.45, 7) is 0. The molecule has 2 aliphatic carbocycles. The minimum Gasteiger partial charge on any atom is -0.456 e. The lowest BCUT2D eigenvalue weighted by Gasteiger charge is -2.35. The molecule has 4 heteroatoms. The molecule has 0 saturated heterocycles. The van der Waals surface area contributed by atoms with E-state index in [2.05, 4.69) is 483 Å². The first-order chi connectivity index (χ1) is 62.5. The third-order valence-corrected chi connectivity index (χ3v) is 25.9. The summed E-state index contributed by atoms with van der Waals surface area (Å²) in [6.07, 6.45) is 0. The molecule has 0 saturated carbocycles. The number of hydrogen-bond acceptors (Lipinski definition) is 4. The highest BCUT2D eigenvalue weighted by Crippen LogP contribution is 2.63. The minimum atomic E-state index is -0.546. The van der Waals surface area contributed by atoms with Gasteiger partial charge in [-0.15, -0.1) is 0 Å². The molecule has 0 fully saturated rings. The first kappa shape index (κ1) is 74.6. The molecule has 0 unspecified atom stereocenters. The van der Waals surface area contributed by atoms with Gasteiger partial charge in [-0.25, -0.2) is 0 Å². The fourth-order valence-corrected chi connectivity index (χ4v) is 20.4. The fourth-order valence-electron chi connectivity index (χ4n) is 20.4. The summed E-state index contributed by atoms with van der Waals surface area (Å²) in [7, 11) is 0. The quantitative estimate of drug-likeness (QED) is 0.0965. The summed E-state index contributed by atoms with van der Waals surface area (Å²) in [5.74, 6) is 0. The summed E-state index contributed by atoms with van der Waals surface area (Å²) < 4.78 is 12.6. The van der Waals surface area contributed by atoms with Crippen LogP contribution in [0.2, 0.25) is 0 Å². The number of hydrogen-bond donors (Lipinski definition) is 0. The highest BCUT2D eigenvalue weighted by Gasteiger charge is 2.49. The van der Waals surface area contributed by atoms with Crippen LogP contribution < -0.4 is 9.80 Å². The molecule has 2 heterocycles. The molecule has 0 N–H and O–H groups in total. The van der Waals surface area contributed by atoms with Gasteiger partial charge in [-0.3, -0.25) is 0 Å². The second-order valence-corrected chi connectivity index (χ2v) is 32.7. The Labute approximate surface area is 733 Å². The molecule has 2 aliphatic rings. The Kier molecular flexibility index (Phi) is 18.7. The van der Waals surface area contributed by atoms with Crippen molar-refractivity contribution in [2.24, 2.45) is 0 Å². The van der Waals surface area contributed by atoms with E-state index in [0.29, 0.717) is 0 Å². The molecule has 0 aliphatic heterocycles. The summed E-state index contributed by atoms with van der Waals surface area (Å²) in [6, 6.07) is 181. The van der Waals surface area contributed by atoms with E-state index < -0.39 is 10.8 Å². The van der Waals surface area contributed by atoms with Gasteiger partial charge < -0.3 is 18.6 Å². The van der Waals surface area contributed by atoms with E-state index in [1.165, 1.54) is 89.0 Å². The maximum atomic E-state index is 6.33. The van der Waals surface area contributed by atoms with E-state index >= 15 is 0 Å². The van der Waals surface area contributed by atoms with Crippen LogP contribution in [0.5, 0.6) is 0 Å². The fraction of sp³-hybridized carbons (Fsp3) is 0.0164.